The van der Waals surface area contributed by atoms with Gasteiger partial charge in [0.2, 0.25) is 0 Å². The average Bonchev–Trinajstić information content (AvgIpc) is 2.79. The molecule has 0 bridgehead atoms. The number of amides is 1. The fourth-order valence-corrected chi connectivity index (χ4v) is 4.86. The van der Waals surface area contributed by atoms with E-state index in [0.29, 0.717) is 16.5 Å². The molecule has 0 saturated heterocycles. The van der Waals surface area contributed by atoms with Crippen LogP contribution in [0, 0.1) is 6.92 Å². The minimum atomic E-state index is -4.67. The lowest BCUT2D eigenvalue weighted by atomic mass is 9.91. The maximum atomic E-state index is 13.5. The van der Waals surface area contributed by atoms with Crippen LogP contribution >= 0.6 is 27.7 Å². The van der Waals surface area contributed by atoms with Gasteiger partial charge in [0, 0.05) is 9.37 Å². The van der Waals surface area contributed by atoms with E-state index in [9.17, 15) is 27.9 Å². The highest BCUT2D eigenvalue weighted by atomic mass is 79.9. The Hall–Kier alpha value is -3.30. The molecule has 4 rings (SSSR count). The number of hydrogen-bond acceptors (Lipinski definition) is 3. The highest BCUT2D eigenvalue weighted by Crippen LogP contribution is 2.41. The van der Waals surface area contributed by atoms with Gasteiger partial charge in [-0.05, 0) is 82.5 Å². The van der Waals surface area contributed by atoms with Crippen LogP contribution < -0.4 is 5.32 Å². The third-order valence-electron chi connectivity index (χ3n) is 5.38. The van der Waals surface area contributed by atoms with Crippen LogP contribution in [0.4, 0.5) is 18.9 Å². The van der Waals surface area contributed by atoms with Gasteiger partial charge in [0.25, 0.3) is 5.91 Å². The molecule has 4 aromatic rings. The summed E-state index contributed by atoms with van der Waals surface area (Å²) in [6, 6.07) is 20.1. The molecule has 0 spiro atoms. The van der Waals surface area contributed by atoms with Gasteiger partial charge < -0.3 is 10.4 Å². The Bertz CT molecular complexity index is 1460. The quantitative estimate of drug-likeness (QED) is 0.242. The van der Waals surface area contributed by atoms with Gasteiger partial charge in [0.1, 0.15) is 0 Å². The number of carboxylic acids is 1. The number of fused-ring (bicyclic) bond motifs is 1. The van der Waals surface area contributed by atoms with Crippen molar-refractivity contribution in [2.45, 2.75) is 17.3 Å². The molecule has 0 aliphatic rings. The number of carbonyl (C=O) groups is 2. The first kappa shape index (κ1) is 24.8. The molecule has 0 atom stereocenters. The molecule has 2 N–H and O–H groups in total. The first-order valence-electron chi connectivity index (χ1n) is 10.3. The summed E-state index contributed by atoms with van der Waals surface area (Å²) < 4.78 is 40.2. The maximum Gasteiger partial charge on any atom is 0.446 e. The van der Waals surface area contributed by atoms with Gasteiger partial charge in [-0.25, -0.2) is 4.79 Å². The van der Waals surface area contributed by atoms with Crippen LogP contribution in [0.1, 0.15) is 26.3 Å². The zero-order chi connectivity index (χ0) is 25.3. The molecule has 0 radical (unpaired) electrons. The summed E-state index contributed by atoms with van der Waals surface area (Å²) in [6.07, 6.45) is 0. The zero-order valence-electron chi connectivity index (χ0n) is 18.1. The van der Waals surface area contributed by atoms with Gasteiger partial charge >= 0.3 is 11.5 Å². The number of benzene rings is 4. The van der Waals surface area contributed by atoms with Crippen LogP contribution in [-0.4, -0.2) is 22.5 Å². The van der Waals surface area contributed by atoms with Crippen LogP contribution in [0.2, 0.25) is 0 Å². The Morgan fingerprint density at radius 1 is 0.971 bits per heavy atom. The third-order valence-corrected chi connectivity index (χ3v) is 6.66. The van der Waals surface area contributed by atoms with Gasteiger partial charge in [0.05, 0.1) is 16.8 Å². The smallest absolute Gasteiger partial charge is 0.446 e. The maximum absolute atomic E-state index is 13.5. The van der Waals surface area contributed by atoms with Crippen molar-refractivity contribution in [2.75, 3.05) is 5.32 Å². The van der Waals surface area contributed by atoms with Crippen LogP contribution in [0.5, 0.6) is 0 Å². The van der Waals surface area contributed by atoms with E-state index in [1.165, 1.54) is 6.07 Å². The fraction of sp³-hybridized carbons (Fsp3) is 0.0769. The van der Waals surface area contributed by atoms with Gasteiger partial charge in [-0.2, -0.15) is 13.2 Å². The topological polar surface area (TPSA) is 66.4 Å². The largest absolute Gasteiger partial charge is 0.478 e. The number of hydrogen-bond donors (Lipinski definition) is 2. The molecular formula is C26H17BrF3NO3S. The van der Waals surface area contributed by atoms with Gasteiger partial charge in [-0.3, -0.25) is 4.79 Å². The number of rotatable bonds is 5. The first-order valence-corrected chi connectivity index (χ1v) is 11.9. The first-order chi connectivity index (χ1) is 16.5. The molecule has 4 nitrogen and oxygen atoms in total. The summed E-state index contributed by atoms with van der Waals surface area (Å²) in [5.41, 5.74) is -2.43. The lowest BCUT2D eigenvalue weighted by Gasteiger charge is -2.18. The predicted octanol–water partition coefficient (Wildman–Crippen LogP) is 8.14. The second kappa shape index (κ2) is 9.75. The molecule has 0 aromatic heterocycles. The molecular weight excluding hydrogens is 543 g/mol. The molecule has 0 aliphatic carbocycles. The number of halogens is 4. The van der Waals surface area contributed by atoms with E-state index in [-0.39, 0.29) is 11.3 Å². The molecule has 0 saturated carbocycles. The van der Waals surface area contributed by atoms with Crippen molar-refractivity contribution in [3.05, 3.63) is 94.0 Å². The Kier molecular flexibility index (Phi) is 6.91. The Balaban J connectivity index is 1.86. The Morgan fingerprint density at radius 2 is 1.69 bits per heavy atom. The molecule has 0 fully saturated rings. The number of nitrogens with one attached hydrogen (secondary N) is 1. The molecule has 178 valence electrons. The van der Waals surface area contributed by atoms with Crippen LogP contribution in [-0.2, 0) is 0 Å². The van der Waals surface area contributed by atoms with Crippen molar-refractivity contribution in [3.63, 3.8) is 0 Å². The number of carboxylic acid groups (broad SMARTS) is 1. The van der Waals surface area contributed by atoms with Crippen LogP contribution in [0.15, 0.2) is 82.2 Å². The molecule has 9 heteroatoms. The third kappa shape index (κ3) is 5.52. The van der Waals surface area contributed by atoms with E-state index in [1.54, 1.807) is 13.0 Å². The lowest BCUT2D eigenvalue weighted by molar-refractivity contribution is -0.0328. The number of alkyl halides is 3. The van der Waals surface area contributed by atoms with E-state index in [2.05, 4.69) is 21.2 Å². The van der Waals surface area contributed by atoms with Crippen molar-refractivity contribution in [3.8, 4) is 11.1 Å². The number of thioether (sulfide) groups is 1. The van der Waals surface area contributed by atoms with Crippen LogP contribution in [0.3, 0.4) is 0 Å². The number of carbonyl (C=O) groups excluding carboxylic acids is 1. The molecule has 0 unspecified atom stereocenters. The highest BCUT2D eigenvalue weighted by molar-refractivity contribution is 9.10. The van der Waals surface area contributed by atoms with Gasteiger partial charge in [-0.1, -0.05) is 52.3 Å². The SMILES string of the molecule is Cc1c(-c2ccccc2)cc2ccc(Br)cc2c1C(=O)Nc1ccc(C(=O)O)cc1SC(F)(F)F. The Labute approximate surface area is 211 Å². The van der Waals surface area contributed by atoms with Crippen molar-refractivity contribution in [2.24, 2.45) is 0 Å². The number of anilines is 1. The minimum absolute atomic E-state index is 0.130. The normalized spacial score (nSPS) is 11.5. The second-order valence-corrected chi connectivity index (χ2v) is 9.70. The summed E-state index contributed by atoms with van der Waals surface area (Å²) in [7, 11) is 0. The van der Waals surface area contributed by atoms with E-state index in [4.69, 9.17) is 0 Å². The van der Waals surface area contributed by atoms with Crippen molar-refractivity contribution in [1.82, 2.24) is 0 Å². The highest BCUT2D eigenvalue weighted by Gasteiger charge is 2.31. The average molecular weight is 560 g/mol. The van der Waals surface area contributed by atoms with Gasteiger partial charge in [-0.15, -0.1) is 0 Å². The molecule has 0 heterocycles. The van der Waals surface area contributed by atoms with E-state index >= 15 is 0 Å². The van der Waals surface area contributed by atoms with E-state index in [1.807, 2.05) is 48.5 Å². The monoisotopic (exact) mass is 559 g/mol. The van der Waals surface area contributed by atoms with Crippen molar-refractivity contribution < 1.29 is 27.9 Å². The summed E-state index contributed by atoms with van der Waals surface area (Å²) in [4.78, 5) is 24.4. The predicted molar refractivity (Wildman–Crippen MR) is 135 cm³/mol. The summed E-state index contributed by atoms with van der Waals surface area (Å²) >= 11 is 2.94. The fourth-order valence-electron chi connectivity index (χ4n) is 3.83. The Morgan fingerprint density at radius 3 is 2.34 bits per heavy atom. The minimum Gasteiger partial charge on any atom is -0.478 e. The van der Waals surface area contributed by atoms with Crippen molar-refractivity contribution >= 4 is 56.0 Å². The second-order valence-electron chi connectivity index (χ2n) is 7.67. The van der Waals surface area contributed by atoms with Crippen molar-refractivity contribution in [1.29, 1.82) is 0 Å². The van der Waals surface area contributed by atoms with Crippen LogP contribution in [0.25, 0.3) is 21.9 Å². The zero-order valence-corrected chi connectivity index (χ0v) is 20.5. The summed E-state index contributed by atoms with van der Waals surface area (Å²) in [5.74, 6) is -1.97. The standard InChI is InChI=1S/C26H17BrF3NO3S/c1-14-19(15-5-3-2-4-6-15)11-16-7-9-18(27)13-20(16)23(14)24(32)31-21-10-8-17(25(33)34)12-22(21)35-26(28,29)30/h2-13H,1H3,(H,31,32)(H,33,34). The summed E-state index contributed by atoms with van der Waals surface area (Å²) in [6.45, 7) is 1.79. The van der Waals surface area contributed by atoms with Gasteiger partial charge in [0.15, 0.2) is 0 Å². The molecule has 35 heavy (non-hydrogen) atoms. The number of aromatic carboxylic acids is 1. The molecule has 4 aromatic carbocycles. The van der Waals surface area contributed by atoms with E-state index in [0.717, 1.165) is 33.1 Å². The summed E-state index contributed by atoms with van der Waals surface area (Å²) in [5, 5.41) is 13.2. The molecule has 1 amide bonds. The lowest BCUT2D eigenvalue weighted by Crippen LogP contribution is -2.16. The molecule has 0 aliphatic heterocycles. The van der Waals surface area contributed by atoms with E-state index < -0.39 is 34.0 Å².